The van der Waals surface area contributed by atoms with Crippen molar-refractivity contribution in [3.63, 3.8) is 0 Å². The van der Waals surface area contributed by atoms with Gasteiger partial charge in [-0.1, -0.05) is 20.8 Å². The van der Waals surface area contributed by atoms with Gasteiger partial charge in [-0.25, -0.2) is 0 Å². The van der Waals surface area contributed by atoms with Gasteiger partial charge in [-0.05, 0) is 11.6 Å². The van der Waals surface area contributed by atoms with Crippen LogP contribution in [0.2, 0.25) is 0 Å². The van der Waals surface area contributed by atoms with Crippen molar-refractivity contribution in [1.29, 1.82) is 5.26 Å². The van der Waals surface area contributed by atoms with Crippen LogP contribution in [0.5, 0.6) is 0 Å². The van der Waals surface area contributed by atoms with Gasteiger partial charge in [-0.3, -0.25) is 9.88 Å². The number of aromatic nitrogens is 1. The minimum absolute atomic E-state index is 0.0847. The molecular formula is C15H22N4. The lowest BCUT2D eigenvalue weighted by Crippen LogP contribution is -2.42. The van der Waals surface area contributed by atoms with Gasteiger partial charge in [0.15, 0.2) is 0 Å². The molecule has 1 saturated heterocycles. The molecule has 0 atom stereocenters. The molecule has 19 heavy (non-hydrogen) atoms. The zero-order valence-electron chi connectivity index (χ0n) is 12.0. The Balaban J connectivity index is 2.17. The molecular weight excluding hydrogens is 236 g/mol. The van der Waals surface area contributed by atoms with E-state index in [4.69, 9.17) is 0 Å². The summed E-state index contributed by atoms with van der Waals surface area (Å²) in [5.74, 6) is 0. The summed E-state index contributed by atoms with van der Waals surface area (Å²) in [7, 11) is 0. The average Bonchev–Trinajstić information content (AvgIpc) is 2.38. The van der Waals surface area contributed by atoms with E-state index in [0.717, 1.165) is 44.0 Å². The maximum Gasteiger partial charge on any atom is 0.101 e. The minimum Gasteiger partial charge on any atom is -0.314 e. The predicted molar refractivity (Wildman–Crippen MR) is 75.8 cm³/mol. The summed E-state index contributed by atoms with van der Waals surface area (Å²) in [6.07, 6.45) is 1.92. The standard InChI is InChI=1S/C15H22N4/c1-15(2,3)14-13(9-16)8-12(10-18-14)11-19-6-4-17-5-7-19/h8,10,17H,4-7,11H2,1-3H3. The van der Waals surface area contributed by atoms with Gasteiger partial charge in [0, 0.05) is 44.3 Å². The van der Waals surface area contributed by atoms with Gasteiger partial charge in [0.25, 0.3) is 0 Å². The van der Waals surface area contributed by atoms with Crippen LogP contribution in [0.1, 0.15) is 37.6 Å². The fourth-order valence-corrected chi connectivity index (χ4v) is 2.40. The van der Waals surface area contributed by atoms with Gasteiger partial charge >= 0.3 is 0 Å². The SMILES string of the molecule is CC(C)(C)c1ncc(CN2CCNCC2)cc1C#N. The smallest absolute Gasteiger partial charge is 0.101 e. The molecule has 0 saturated carbocycles. The third-order valence-electron chi connectivity index (χ3n) is 3.39. The van der Waals surface area contributed by atoms with Crippen molar-refractivity contribution in [3.05, 3.63) is 29.1 Å². The predicted octanol–water partition coefficient (Wildman–Crippen LogP) is 1.66. The number of pyridine rings is 1. The number of hydrogen-bond acceptors (Lipinski definition) is 4. The molecule has 0 aliphatic carbocycles. The highest BCUT2D eigenvalue weighted by atomic mass is 15.2. The fourth-order valence-electron chi connectivity index (χ4n) is 2.40. The number of hydrogen-bond donors (Lipinski definition) is 1. The van der Waals surface area contributed by atoms with Crippen LogP contribution in [0.15, 0.2) is 12.3 Å². The third-order valence-corrected chi connectivity index (χ3v) is 3.39. The van der Waals surface area contributed by atoms with E-state index in [1.807, 2.05) is 12.3 Å². The highest BCUT2D eigenvalue weighted by Crippen LogP contribution is 2.24. The van der Waals surface area contributed by atoms with Gasteiger partial charge in [0.2, 0.25) is 0 Å². The Bertz CT molecular complexity index is 476. The van der Waals surface area contributed by atoms with Crippen LogP contribution < -0.4 is 5.32 Å². The Hall–Kier alpha value is -1.44. The maximum absolute atomic E-state index is 9.30. The zero-order chi connectivity index (χ0) is 13.9. The Kier molecular flexibility index (Phi) is 4.18. The average molecular weight is 258 g/mol. The molecule has 1 aliphatic rings. The Labute approximate surface area is 115 Å². The summed E-state index contributed by atoms with van der Waals surface area (Å²) in [6.45, 7) is 11.3. The number of nitriles is 1. The largest absolute Gasteiger partial charge is 0.314 e. The van der Waals surface area contributed by atoms with E-state index in [9.17, 15) is 5.26 Å². The summed E-state index contributed by atoms with van der Waals surface area (Å²) in [4.78, 5) is 6.92. The second kappa shape index (κ2) is 5.68. The second-order valence-electron chi connectivity index (χ2n) is 6.13. The minimum atomic E-state index is -0.0847. The van der Waals surface area contributed by atoms with Crippen molar-refractivity contribution in [1.82, 2.24) is 15.2 Å². The van der Waals surface area contributed by atoms with E-state index in [2.05, 4.69) is 42.0 Å². The van der Waals surface area contributed by atoms with Crippen LogP contribution in [-0.2, 0) is 12.0 Å². The van der Waals surface area contributed by atoms with Crippen LogP contribution >= 0.6 is 0 Å². The molecule has 1 N–H and O–H groups in total. The number of piperazine rings is 1. The Morgan fingerprint density at radius 2 is 2.05 bits per heavy atom. The number of rotatable bonds is 2. The molecule has 1 aliphatic heterocycles. The van der Waals surface area contributed by atoms with Crippen molar-refractivity contribution >= 4 is 0 Å². The summed E-state index contributed by atoms with van der Waals surface area (Å²) in [5, 5.41) is 12.6. The highest BCUT2D eigenvalue weighted by Gasteiger charge is 2.20. The molecule has 0 unspecified atom stereocenters. The van der Waals surface area contributed by atoms with E-state index in [1.165, 1.54) is 0 Å². The summed E-state index contributed by atoms with van der Waals surface area (Å²) in [6, 6.07) is 4.28. The molecule has 0 amide bonds. The molecule has 4 nitrogen and oxygen atoms in total. The first-order valence-electron chi connectivity index (χ1n) is 6.83. The van der Waals surface area contributed by atoms with Crippen molar-refractivity contribution in [2.75, 3.05) is 26.2 Å². The van der Waals surface area contributed by atoms with E-state index >= 15 is 0 Å². The first kappa shape index (κ1) is 14.0. The lowest BCUT2D eigenvalue weighted by molar-refractivity contribution is 0.233. The molecule has 0 radical (unpaired) electrons. The van der Waals surface area contributed by atoms with Gasteiger partial charge in [0.1, 0.15) is 6.07 Å². The normalized spacial score (nSPS) is 17.2. The Morgan fingerprint density at radius 1 is 1.37 bits per heavy atom. The molecule has 2 heterocycles. The van der Waals surface area contributed by atoms with Crippen LogP contribution in [0, 0.1) is 11.3 Å². The lowest BCUT2D eigenvalue weighted by atomic mass is 9.88. The summed E-state index contributed by atoms with van der Waals surface area (Å²) in [5.41, 5.74) is 2.64. The first-order chi connectivity index (χ1) is 9.00. The van der Waals surface area contributed by atoms with E-state index < -0.39 is 0 Å². The van der Waals surface area contributed by atoms with E-state index in [0.29, 0.717) is 5.56 Å². The maximum atomic E-state index is 9.30. The first-order valence-corrected chi connectivity index (χ1v) is 6.83. The molecule has 1 fully saturated rings. The number of nitrogens with one attached hydrogen (secondary N) is 1. The monoisotopic (exact) mass is 258 g/mol. The van der Waals surface area contributed by atoms with Crippen LogP contribution in [0.4, 0.5) is 0 Å². The van der Waals surface area contributed by atoms with Crippen molar-refractivity contribution in [2.45, 2.75) is 32.7 Å². The van der Waals surface area contributed by atoms with Gasteiger partial charge in [-0.2, -0.15) is 5.26 Å². The second-order valence-corrected chi connectivity index (χ2v) is 6.13. The fraction of sp³-hybridized carbons (Fsp3) is 0.600. The molecule has 0 spiro atoms. The van der Waals surface area contributed by atoms with Crippen LogP contribution in [-0.4, -0.2) is 36.1 Å². The number of nitrogens with zero attached hydrogens (tertiary/aromatic N) is 3. The van der Waals surface area contributed by atoms with Crippen molar-refractivity contribution in [3.8, 4) is 6.07 Å². The molecule has 1 aromatic rings. The quantitative estimate of drug-likeness (QED) is 0.876. The highest BCUT2D eigenvalue weighted by molar-refractivity contribution is 5.39. The Morgan fingerprint density at radius 3 is 2.63 bits per heavy atom. The molecule has 2 rings (SSSR count). The van der Waals surface area contributed by atoms with Crippen molar-refractivity contribution in [2.24, 2.45) is 0 Å². The van der Waals surface area contributed by atoms with Gasteiger partial charge in [0.05, 0.1) is 11.3 Å². The topological polar surface area (TPSA) is 52.0 Å². The molecule has 1 aromatic heterocycles. The van der Waals surface area contributed by atoms with E-state index in [1.54, 1.807) is 0 Å². The molecule has 0 aromatic carbocycles. The zero-order valence-corrected chi connectivity index (χ0v) is 12.0. The van der Waals surface area contributed by atoms with Gasteiger partial charge < -0.3 is 5.32 Å². The van der Waals surface area contributed by atoms with E-state index in [-0.39, 0.29) is 5.41 Å². The van der Waals surface area contributed by atoms with Gasteiger partial charge in [-0.15, -0.1) is 0 Å². The van der Waals surface area contributed by atoms with Crippen LogP contribution in [0.3, 0.4) is 0 Å². The van der Waals surface area contributed by atoms with Crippen LogP contribution in [0.25, 0.3) is 0 Å². The molecule has 4 heteroatoms. The summed E-state index contributed by atoms with van der Waals surface area (Å²) < 4.78 is 0. The molecule has 102 valence electrons. The lowest BCUT2D eigenvalue weighted by Gasteiger charge is -2.27. The van der Waals surface area contributed by atoms with Crippen molar-refractivity contribution < 1.29 is 0 Å². The molecule has 0 bridgehead atoms. The summed E-state index contributed by atoms with van der Waals surface area (Å²) >= 11 is 0. The third kappa shape index (κ3) is 3.52.